The second kappa shape index (κ2) is 8.32. The Bertz CT molecular complexity index is 761. The molecule has 1 fully saturated rings. The Morgan fingerprint density at radius 1 is 1.08 bits per heavy atom. The van der Waals surface area contributed by atoms with Crippen molar-refractivity contribution in [3.05, 3.63) is 65.5 Å². The van der Waals surface area contributed by atoms with Crippen molar-refractivity contribution in [2.75, 3.05) is 20.7 Å². The molecule has 2 aromatic rings. The molecule has 138 valence electrons. The van der Waals surface area contributed by atoms with Crippen LogP contribution in [0.1, 0.15) is 24.0 Å². The number of benzene rings is 2. The summed E-state index contributed by atoms with van der Waals surface area (Å²) in [5, 5.41) is 0. The number of carbonyl (C=O) groups is 1. The van der Waals surface area contributed by atoms with Crippen molar-refractivity contribution in [3.63, 3.8) is 0 Å². The molecule has 2 aromatic carbocycles. The van der Waals surface area contributed by atoms with Crippen LogP contribution in [0.4, 0.5) is 4.39 Å². The van der Waals surface area contributed by atoms with Crippen molar-refractivity contribution < 1.29 is 13.9 Å². The molecule has 1 aliphatic rings. The molecule has 0 N–H and O–H groups in total. The molecule has 0 unspecified atom stereocenters. The highest BCUT2D eigenvalue weighted by molar-refractivity contribution is 5.78. The van der Waals surface area contributed by atoms with Gasteiger partial charge < -0.3 is 9.64 Å². The van der Waals surface area contributed by atoms with Crippen LogP contribution in [-0.4, -0.2) is 42.5 Å². The van der Waals surface area contributed by atoms with Crippen molar-refractivity contribution in [2.45, 2.75) is 32.0 Å². The lowest BCUT2D eigenvalue weighted by molar-refractivity contribution is -0.132. The van der Waals surface area contributed by atoms with Crippen molar-refractivity contribution in [1.82, 2.24) is 9.80 Å². The summed E-state index contributed by atoms with van der Waals surface area (Å²) in [6, 6.07) is 14.9. The number of hydrogen-bond acceptors (Lipinski definition) is 3. The first kappa shape index (κ1) is 18.4. The topological polar surface area (TPSA) is 32.8 Å². The zero-order valence-corrected chi connectivity index (χ0v) is 15.3. The standard InChI is InChI=1S/C21H25FN2O2/c1-23(13-16-7-3-5-9-19(16)22)21(25)15-24(18-11-12-18)14-17-8-4-6-10-20(17)26-2/h3-10,18H,11-15H2,1-2H3. The van der Waals surface area contributed by atoms with Gasteiger partial charge in [-0.2, -0.15) is 0 Å². The second-order valence-corrected chi connectivity index (χ2v) is 6.79. The van der Waals surface area contributed by atoms with Crippen LogP contribution in [0.2, 0.25) is 0 Å². The van der Waals surface area contributed by atoms with E-state index in [9.17, 15) is 9.18 Å². The van der Waals surface area contributed by atoms with Gasteiger partial charge in [-0.05, 0) is 25.0 Å². The normalized spacial score (nSPS) is 13.7. The van der Waals surface area contributed by atoms with Gasteiger partial charge >= 0.3 is 0 Å². The maximum Gasteiger partial charge on any atom is 0.236 e. The van der Waals surface area contributed by atoms with Crippen LogP contribution in [0, 0.1) is 5.82 Å². The number of halogens is 1. The molecule has 0 aliphatic heterocycles. The van der Waals surface area contributed by atoms with E-state index in [1.54, 1.807) is 37.3 Å². The monoisotopic (exact) mass is 356 g/mol. The molecular formula is C21H25FN2O2. The largest absolute Gasteiger partial charge is 0.496 e. The van der Waals surface area contributed by atoms with Crippen LogP contribution >= 0.6 is 0 Å². The Morgan fingerprint density at radius 3 is 2.38 bits per heavy atom. The van der Waals surface area contributed by atoms with Crippen LogP contribution in [0.15, 0.2) is 48.5 Å². The fraction of sp³-hybridized carbons (Fsp3) is 0.381. The Morgan fingerprint density at radius 2 is 1.73 bits per heavy atom. The minimum atomic E-state index is -0.278. The first-order valence-electron chi connectivity index (χ1n) is 8.92. The second-order valence-electron chi connectivity index (χ2n) is 6.79. The zero-order chi connectivity index (χ0) is 18.5. The molecule has 0 spiro atoms. The zero-order valence-electron chi connectivity index (χ0n) is 15.3. The van der Waals surface area contributed by atoms with E-state index in [4.69, 9.17) is 4.74 Å². The van der Waals surface area contributed by atoms with Gasteiger partial charge in [0, 0.05) is 37.3 Å². The van der Waals surface area contributed by atoms with Crippen LogP contribution < -0.4 is 4.74 Å². The summed E-state index contributed by atoms with van der Waals surface area (Å²) in [4.78, 5) is 16.5. The summed E-state index contributed by atoms with van der Waals surface area (Å²) in [5.41, 5.74) is 1.61. The first-order valence-corrected chi connectivity index (χ1v) is 8.92. The van der Waals surface area contributed by atoms with E-state index in [-0.39, 0.29) is 18.3 Å². The summed E-state index contributed by atoms with van der Waals surface area (Å²) >= 11 is 0. The molecule has 1 amide bonds. The molecule has 0 radical (unpaired) electrons. The average molecular weight is 356 g/mol. The van der Waals surface area contributed by atoms with Gasteiger partial charge in [0.05, 0.1) is 13.7 Å². The molecule has 4 nitrogen and oxygen atoms in total. The predicted molar refractivity (Wildman–Crippen MR) is 99.3 cm³/mol. The van der Waals surface area contributed by atoms with Gasteiger partial charge in [0.15, 0.2) is 0 Å². The number of nitrogens with zero attached hydrogens (tertiary/aromatic N) is 2. The smallest absolute Gasteiger partial charge is 0.236 e. The van der Waals surface area contributed by atoms with E-state index < -0.39 is 0 Å². The Balaban J connectivity index is 1.64. The van der Waals surface area contributed by atoms with Gasteiger partial charge in [0.25, 0.3) is 0 Å². The quantitative estimate of drug-likeness (QED) is 0.726. The molecule has 0 heterocycles. The van der Waals surface area contributed by atoms with Gasteiger partial charge in [-0.15, -0.1) is 0 Å². The highest BCUT2D eigenvalue weighted by atomic mass is 19.1. The van der Waals surface area contributed by atoms with Gasteiger partial charge in [-0.25, -0.2) is 4.39 Å². The van der Waals surface area contributed by atoms with E-state index in [0.717, 1.165) is 24.2 Å². The lowest BCUT2D eigenvalue weighted by Crippen LogP contribution is -2.39. The number of methoxy groups -OCH3 is 1. The summed E-state index contributed by atoms with van der Waals surface area (Å²) < 4.78 is 19.3. The fourth-order valence-corrected chi connectivity index (χ4v) is 3.07. The summed E-state index contributed by atoms with van der Waals surface area (Å²) in [7, 11) is 3.39. The SMILES string of the molecule is COc1ccccc1CN(CC(=O)N(C)Cc1ccccc1F)C1CC1. The minimum Gasteiger partial charge on any atom is -0.496 e. The van der Waals surface area contributed by atoms with Gasteiger partial charge in [0.2, 0.25) is 5.91 Å². The van der Waals surface area contributed by atoms with Crippen molar-refractivity contribution in [1.29, 1.82) is 0 Å². The molecule has 26 heavy (non-hydrogen) atoms. The maximum atomic E-state index is 13.8. The fourth-order valence-electron chi connectivity index (χ4n) is 3.07. The lowest BCUT2D eigenvalue weighted by atomic mass is 10.1. The lowest BCUT2D eigenvalue weighted by Gasteiger charge is -2.26. The van der Waals surface area contributed by atoms with Gasteiger partial charge in [0.1, 0.15) is 11.6 Å². The number of amides is 1. The Labute approximate surface area is 154 Å². The molecule has 0 atom stereocenters. The molecule has 3 rings (SSSR count). The minimum absolute atomic E-state index is 0.00458. The van der Waals surface area contributed by atoms with Crippen molar-refractivity contribution >= 4 is 5.91 Å². The summed E-state index contributed by atoms with van der Waals surface area (Å²) in [6.45, 7) is 1.28. The van der Waals surface area contributed by atoms with E-state index >= 15 is 0 Å². The van der Waals surface area contributed by atoms with Gasteiger partial charge in [-0.3, -0.25) is 9.69 Å². The Kier molecular flexibility index (Phi) is 5.89. The molecule has 5 heteroatoms. The maximum absolute atomic E-state index is 13.8. The average Bonchev–Trinajstić information content (AvgIpc) is 3.48. The van der Waals surface area contributed by atoms with E-state index in [1.165, 1.54) is 6.07 Å². The molecule has 1 saturated carbocycles. The molecule has 0 bridgehead atoms. The summed E-state index contributed by atoms with van der Waals surface area (Å²) in [5.74, 6) is 0.556. The Hall–Kier alpha value is -2.40. The van der Waals surface area contributed by atoms with E-state index in [2.05, 4.69) is 4.90 Å². The highest BCUT2D eigenvalue weighted by Gasteiger charge is 2.31. The van der Waals surface area contributed by atoms with Crippen molar-refractivity contribution in [2.24, 2.45) is 0 Å². The van der Waals surface area contributed by atoms with Crippen LogP contribution in [0.3, 0.4) is 0 Å². The third-order valence-electron chi connectivity index (χ3n) is 4.76. The summed E-state index contributed by atoms with van der Waals surface area (Å²) in [6.07, 6.45) is 2.22. The number of carbonyl (C=O) groups excluding carboxylic acids is 1. The third-order valence-corrected chi connectivity index (χ3v) is 4.76. The van der Waals surface area contributed by atoms with E-state index in [0.29, 0.717) is 24.7 Å². The number of hydrogen-bond donors (Lipinski definition) is 0. The number of ether oxygens (including phenoxy) is 1. The van der Waals surface area contributed by atoms with Crippen LogP contribution in [0.5, 0.6) is 5.75 Å². The first-order chi connectivity index (χ1) is 12.6. The molecular weight excluding hydrogens is 331 g/mol. The molecule has 0 aromatic heterocycles. The van der Waals surface area contributed by atoms with Crippen LogP contribution in [-0.2, 0) is 17.9 Å². The third kappa shape index (κ3) is 4.61. The van der Waals surface area contributed by atoms with Crippen LogP contribution in [0.25, 0.3) is 0 Å². The number of para-hydroxylation sites is 1. The number of likely N-dealkylation sites (N-methyl/N-ethyl adjacent to an activating group) is 1. The molecule has 0 saturated heterocycles. The van der Waals surface area contributed by atoms with Crippen molar-refractivity contribution in [3.8, 4) is 5.75 Å². The number of rotatable bonds is 8. The predicted octanol–water partition coefficient (Wildman–Crippen LogP) is 3.46. The van der Waals surface area contributed by atoms with Gasteiger partial charge in [-0.1, -0.05) is 36.4 Å². The van der Waals surface area contributed by atoms with E-state index in [1.807, 2.05) is 24.3 Å². The molecule has 1 aliphatic carbocycles. The highest BCUT2D eigenvalue weighted by Crippen LogP contribution is 2.30.